The molecule has 254 valence electrons. The van der Waals surface area contributed by atoms with Gasteiger partial charge in [0.1, 0.15) is 23.7 Å². The number of hydrogen-bond donors (Lipinski definition) is 2. The summed E-state index contributed by atoms with van der Waals surface area (Å²) in [5.74, 6) is -3.73. The molecule has 4 aliphatic rings. The second kappa shape index (κ2) is 13.9. The summed E-state index contributed by atoms with van der Waals surface area (Å²) < 4.78 is 12.8. The van der Waals surface area contributed by atoms with Gasteiger partial charge in [0.25, 0.3) is 5.91 Å². The van der Waals surface area contributed by atoms with E-state index in [1.165, 1.54) is 4.90 Å². The molecule has 2 aromatic carbocycles. The Morgan fingerprint density at radius 1 is 1.02 bits per heavy atom. The van der Waals surface area contributed by atoms with Crippen molar-refractivity contribution in [2.75, 3.05) is 18.1 Å². The van der Waals surface area contributed by atoms with Crippen molar-refractivity contribution in [2.24, 2.45) is 17.8 Å². The van der Waals surface area contributed by atoms with E-state index in [9.17, 15) is 24.3 Å². The Bertz CT molecular complexity index is 1600. The molecule has 0 radical (unpaired) electrons. The van der Waals surface area contributed by atoms with Crippen LogP contribution >= 0.6 is 11.6 Å². The molecular formula is C37H42ClN3O7. The van der Waals surface area contributed by atoms with Gasteiger partial charge in [-0.15, -0.1) is 0 Å². The van der Waals surface area contributed by atoms with Crippen molar-refractivity contribution in [1.29, 1.82) is 0 Å². The van der Waals surface area contributed by atoms with Crippen molar-refractivity contribution in [3.05, 3.63) is 89.5 Å². The Balaban J connectivity index is 1.47. The summed E-state index contributed by atoms with van der Waals surface area (Å²) in [6.45, 7) is 5.53. The van der Waals surface area contributed by atoms with Gasteiger partial charge in [-0.05, 0) is 55.5 Å². The minimum Gasteiger partial charge on any atom is -0.455 e. The lowest BCUT2D eigenvalue weighted by Crippen LogP contribution is -2.59. The van der Waals surface area contributed by atoms with E-state index < -0.39 is 65.6 Å². The van der Waals surface area contributed by atoms with Gasteiger partial charge >= 0.3 is 5.97 Å². The standard InChI is InChI=1S/C37H42ClN3O7/c1-22(2)20-27(21-42)41-33-35(45)40(26-15-13-25(38)14-16-26)19-9-5-8-12-29(43)39-23(3)32(24-10-6-4-7-11-24)47-36(46)30-28-17-18-37(33,48-28)31(30)34(41)44/h4-7,9-11,13-18,22-23,27-28,30-33,42H,8,12,19-21H2,1-3H3,(H,39,43)/b9-5-/t23-,27+,28+,30-,31-,32+,33+,37-/m0/s1. The number of cyclic esters (lactones) is 1. The van der Waals surface area contributed by atoms with Crippen LogP contribution in [0.3, 0.4) is 0 Å². The molecule has 2 fully saturated rings. The van der Waals surface area contributed by atoms with Crippen LogP contribution in [0, 0.1) is 17.8 Å². The van der Waals surface area contributed by atoms with E-state index in [4.69, 9.17) is 21.1 Å². The number of rotatable bonds is 6. The molecule has 0 aromatic heterocycles. The lowest BCUT2D eigenvalue weighted by Gasteiger charge is -2.39. The molecule has 48 heavy (non-hydrogen) atoms. The number of likely N-dealkylation sites (tertiary alicyclic amines) is 1. The zero-order valence-electron chi connectivity index (χ0n) is 27.3. The molecule has 4 aliphatic heterocycles. The van der Waals surface area contributed by atoms with Crippen LogP contribution in [0.4, 0.5) is 5.69 Å². The summed E-state index contributed by atoms with van der Waals surface area (Å²) in [6.07, 6.45) is 6.54. The fourth-order valence-electron chi connectivity index (χ4n) is 7.68. The Morgan fingerprint density at radius 2 is 1.75 bits per heavy atom. The van der Waals surface area contributed by atoms with Gasteiger partial charge in [0.05, 0.1) is 30.7 Å². The Kier molecular flexibility index (Phi) is 9.79. The van der Waals surface area contributed by atoms with Crippen molar-refractivity contribution in [2.45, 2.75) is 76.0 Å². The molecule has 2 N–H and O–H groups in total. The van der Waals surface area contributed by atoms with Gasteiger partial charge in [-0.25, -0.2) is 0 Å². The normalized spacial score (nSPS) is 32.0. The highest BCUT2D eigenvalue weighted by molar-refractivity contribution is 6.30. The molecule has 2 saturated heterocycles. The molecule has 8 atom stereocenters. The van der Waals surface area contributed by atoms with Crippen molar-refractivity contribution in [3.8, 4) is 0 Å². The number of esters is 1. The third-order valence-corrected chi connectivity index (χ3v) is 10.0. The summed E-state index contributed by atoms with van der Waals surface area (Å²) in [7, 11) is 0. The quantitative estimate of drug-likeness (QED) is 0.344. The number of carbonyl (C=O) groups is 4. The van der Waals surface area contributed by atoms with Gasteiger partial charge in [-0.3, -0.25) is 19.2 Å². The number of halogens is 1. The van der Waals surface area contributed by atoms with Gasteiger partial charge < -0.3 is 29.7 Å². The summed E-state index contributed by atoms with van der Waals surface area (Å²) >= 11 is 6.20. The second-order valence-electron chi connectivity index (χ2n) is 13.5. The summed E-state index contributed by atoms with van der Waals surface area (Å²) in [4.78, 5) is 59.9. The number of allylic oxidation sites excluding steroid dienone is 1. The van der Waals surface area contributed by atoms with Gasteiger partial charge in [-0.1, -0.05) is 80.1 Å². The summed E-state index contributed by atoms with van der Waals surface area (Å²) in [6, 6.07) is 13.5. The number of amides is 3. The van der Waals surface area contributed by atoms with Crippen LogP contribution in [0.1, 0.15) is 51.7 Å². The van der Waals surface area contributed by atoms with Crippen molar-refractivity contribution >= 4 is 41.0 Å². The minimum absolute atomic E-state index is 0.0985. The number of benzene rings is 2. The number of nitrogens with one attached hydrogen (secondary N) is 1. The Hall–Kier alpha value is -3.99. The molecule has 1 spiro atoms. The monoisotopic (exact) mass is 675 g/mol. The maximum Gasteiger partial charge on any atom is 0.313 e. The predicted molar refractivity (Wildman–Crippen MR) is 180 cm³/mol. The molecule has 0 unspecified atom stereocenters. The number of fused-ring (bicyclic) bond motifs is 2. The molecule has 0 saturated carbocycles. The molecule has 5 bridgehead atoms. The lowest BCUT2D eigenvalue weighted by molar-refractivity contribution is -0.161. The number of aliphatic hydroxyl groups is 1. The van der Waals surface area contributed by atoms with Gasteiger partial charge in [0.15, 0.2) is 0 Å². The van der Waals surface area contributed by atoms with Gasteiger partial charge in [0, 0.05) is 23.7 Å². The van der Waals surface area contributed by atoms with Crippen molar-refractivity contribution in [1.82, 2.24) is 10.2 Å². The third-order valence-electron chi connectivity index (χ3n) is 9.78. The average Bonchev–Trinajstić information content (AvgIpc) is 3.71. The zero-order valence-corrected chi connectivity index (χ0v) is 28.1. The topological polar surface area (TPSA) is 125 Å². The molecular weight excluding hydrogens is 634 g/mol. The first kappa shape index (κ1) is 33.9. The smallest absolute Gasteiger partial charge is 0.313 e. The highest BCUT2D eigenvalue weighted by Gasteiger charge is 2.74. The summed E-state index contributed by atoms with van der Waals surface area (Å²) in [5.41, 5.74) is -0.223. The van der Waals surface area contributed by atoms with E-state index in [0.29, 0.717) is 29.1 Å². The molecule has 3 amide bonds. The Morgan fingerprint density at radius 3 is 2.44 bits per heavy atom. The molecule has 2 aromatic rings. The van der Waals surface area contributed by atoms with Crippen LogP contribution < -0.4 is 10.2 Å². The zero-order chi connectivity index (χ0) is 34.2. The van der Waals surface area contributed by atoms with Crippen LogP contribution in [0.5, 0.6) is 0 Å². The molecule has 10 nitrogen and oxygen atoms in total. The average molecular weight is 676 g/mol. The maximum absolute atomic E-state index is 15.0. The van der Waals surface area contributed by atoms with Gasteiger partial charge in [0.2, 0.25) is 11.8 Å². The fraction of sp³-hybridized carbons (Fsp3) is 0.459. The SMILES string of the molecule is CC(C)C[C@H](CO)N1C(=O)[C@@H]2[C@H]3C(=O)O[C@@H](c4ccccc4)[C@H](C)NC(=O)CC/C=C\CN(c4ccc(Cl)cc4)C(=O)[C@@H]1[C@]21C=C[C@H]3O1. The number of anilines is 1. The van der Waals surface area contributed by atoms with E-state index in [0.717, 1.165) is 0 Å². The molecule has 6 rings (SSSR count). The molecule has 4 heterocycles. The predicted octanol–water partition coefficient (Wildman–Crippen LogP) is 4.37. The highest BCUT2D eigenvalue weighted by atomic mass is 35.5. The third kappa shape index (κ3) is 6.17. The second-order valence-corrected chi connectivity index (χ2v) is 13.9. The summed E-state index contributed by atoms with van der Waals surface area (Å²) in [5, 5.41) is 14.1. The van der Waals surface area contributed by atoms with Crippen LogP contribution in [0.2, 0.25) is 5.02 Å². The number of ether oxygens (including phenoxy) is 2. The maximum atomic E-state index is 15.0. The minimum atomic E-state index is -1.46. The first-order valence-corrected chi connectivity index (χ1v) is 17.0. The number of hydrogen-bond acceptors (Lipinski definition) is 7. The van der Waals surface area contributed by atoms with E-state index in [2.05, 4.69) is 5.32 Å². The van der Waals surface area contributed by atoms with Crippen LogP contribution in [0.15, 0.2) is 78.9 Å². The van der Waals surface area contributed by atoms with Crippen LogP contribution in [0.25, 0.3) is 0 Å². The number of nitrogens with zero attached hydrogens (tertiary/aromatic N) is 2. The van der Waals surface area contributed by atoms with Crippen LogP contribution in [-0.4, -0.2) is 76.7 Å². The fourth-order valence-corrected chi connectivity index (χ4v) is 7.81. The Labute approximate surface area is 285 Å². The van der Waals surface area contributed by atoms with Crippen molar-refractivity contribution in [3.63, 3.8) is 0 Å². The van der Waals surface area contributed by atoms with E-state index in [1.54, 1.807) is 48.2 Å². The van der Waals surface area contributed by atoms with E-state index in [-0.39, 0.29) is 31.4 Å². The first-order chi connectivity index (χ1) is 23.1. The highest BCUT2D eigenvalue weighted by Crippen LogP contribution is 2.56. The van der Waals surface area contributed by atoms with E-state index in [1.807, 2.05) is 56.3 Å². The van der Waals surface area contributed by atoms with Gasteiger partial charge in [-0.2, -0.15) is 0 Å². The molecule has 11 heteroatoms. The lowest BCUT2D eigenvalue weighted by atomic mass is 9.74. The first-order valence-electron chi connectivity index (χ1n) is 16.6. The molecule has 0 aliphatic carbocycles. The number of carbonyl (C=O) groups excluding carboxylic acids is 4. The van der Waals surface area contributed by atoms with Crippen LogP contribution in [-0.2, 0) is 28.7 Å². The van der Waals surface area contributed by atoms with Crippen molar-refractivity contribution < 1.29 is 33.8 Å². The van der Waals surface area contributed by atoms with E-state index >= 15 is 0 Å². The largest absolute Gasteiger partial charge is 0.455 e. The number of aliphatic hydroxyl groups excluding tert-OH is 1.